The van der Waals surface area contributed by atoms with Gasteiger partial charge in [0, 0.05) is 25.6 Å². The van der Waals surface area contributed by atoms with Crippen LogP contribution in [0.25, 0.3) is 0 Å². The summed E-state index contributed by atoms with van der Waals surface area (Å²) in [5, 5.41) is 22.5. The van der Waals surface area contributed by atoms with E-state index < -0.39 is 64.4 Å². The first-order valence-electron chi connectivity index (χ1n) is 14.3. The van der Waals surface area contributed by atoms with Gasteiger partial charge in [-0.15, -0.1) is 0 Å². The van der Waals surface area contributed by atoms with Gasteiger partial charge in [-0.3, -0.25) is 33.8 Å². The molecule has 0 spiro atoms. The predicted molar refractivity (Wildman–Crippen MR) is 142 cm³/mol. The first-order chi connectivity index (χ1) is 18.9. The highest BCUT2D eigenvalue weighted by Crippen LogP contribution is 2.51. The van der Waals surface area contributed by atoms with Crippen molar-refractivity contribution in [2.45, 2.75) is 56.7 Å². The second kappa shape index (κ2) is 9.56. The predicted octanol–water partition coefficient (Wildman–Crippen LogP) is 0.489. The highest BCUT2D eigenvalue weighted by atomic mass is 16.3. The van der Waals surface area contributed by atoms with E-state index in [4.69, 9.17) is 5.73 Å². The molecule has 5 aliphatic carbocycles. The Balaban J connectivity index is 1.38. The zero-order chi connectivity index (χ0) is 28.7. The average Bonchev–Trinajstić information content (AvgIpc) is 3.80. The molecule has 10 heteroatoms. The Morgan fingerprint density at radius 3 is 2.20 bits per heavy atom. The fraction of sp³-hybridized carbons (Fsp3) is 0.633. The summed E-state index contributed by atoms with van der Waals surface area (Å²) < 4.78 is 0. The summed E-state index contributed by atoms with van der Waals surface area (Å²) in [5.74, 6) is -8.70. The zero-order valence-electron chi connectivity index (χ0n) is 23.0. The topological polar surface area (TPSA) is 158 Å². The first kappa shape index (κ1) is 27.2. The number of aliphatic hydroxyl groups is 1. The van der Waals surface area contributed by atoms with Crippen molar-refractivity contribution in [2.24, 2.45) is 41.2 Å². The summed E-state index contributed by atoms with van der Waals surface area (Å²) in [5.41, 5.74) is 4.38. The van der Waals surface area contributed by atoms with E-state index in [0.29, 0.717) is 30.4 Å². The summed E-state index contributed by atoms with van der Waals surface area (Å²) in [4.78, 5) is 70.6. The molecule has 2 unspecified atom stereocenters. The number of likely N-dealkylation sites (N-methyl/N-ethyl adjacent to an activating group) is 1. The molecule has 6 rings (SSSR count). The molecule has 1 amide bonds. The van der Waals surface area contributed by atoms with Crippen LogP contribution in [0.2, 0.25) is 0 Å². The molecule has 0 aliphatic heterocycles. The summed E-state index contributed by atoms with van der Waals surface area (Å²) in [7, 11) is 3.17. The van der Waals surface area contributed by atoms with Crippen molar-refractivity contribution in [1.82, 2.24) is 9.80 Å². The van der Waals surface area contributed by atoms with E-state index in [2.05, 4.69) is 4.90 Å². The molecule has 6 atom stereocenters. The number of hydrogen-bond acceptors (Lipinski definition) is 9. The van der Waals surface area contributed by atoms with Crippen LogP contribution in [0, 0.1) is 35.5 Å². The zero-order valence-corrected chi connectivity index (χ0v) is 23.0. The number of primary amides is 1. The van der Waals surface area contributed by atoms with Crippen LogP contribution in [-0.4, -0.2) is 87.9 Å². The highest BCUT2D eigenvalue weighted by Gasteiger charge is 2.69. The minimum Gasteiger partial charge on any atom is -0.507 e. The number of rotatable bonds is 8. The Morgan fingerprint density at radius 2 is 1.65 bits per heavy atom. The number of ketones is 4. The number of hydrogen-bond donors (Lipinski definition) is 3. The number of Topliss-reactive ketones (excluding diaryl/α,β-unsaturated/α-hetero) is 4. The number of aromatic hydroxyl groups is 1. The molecule has 1 aromatic carbocycles. The van der Waals surface area contributed by atoms with E-state index in [1.165, 1.54) is 36.6 Å². The Morgan fingerprint density at radius 1 is 1.02 bits per heavy atom. The lowest BCUT2D eigenvalue weighted by atomic mass is 9.52. The van der Waals surface area contributed by atoms with Gasteiger partial charge in [0.25, 0.3) is 0 Å². The molecule has 40 heavy (non-hydrogen) atoms. The van der Waals surface area contributed by atoms with Gasteiger partial charge in [-0.05, 0) is 87.6 Å². The molecule has 10 nitrogen and oxygen atoms in total. The third-order valence-electron chi connectivity index (χ3n) is 9.86. The molecule has 0 radical (unpaired) electrons. The lowest BCUT2D eigenvalue weighted by Crippen LogP contribution is -2.74. The molecule has 0 bridgehead atoms. The Kier molecular flexibility index (Phi) is 6.51. The van der Waals surface area contributed by atoms with Crippen molar-refractivity contribution in [3.63, 3.8) is 0 Å². The number of amides is 1. The molecule has 4 fully saturated rings. The van der Waals surface area contributed by atoms with E-state index in [-0.39, 0.29) is 17.7 Å². The maximum absolute atomic E-state index is 14.0. The number of nitrogens with two attached hydrogens (primary N) is 1. The SMILES string of the molecule is CN(C)[C@H]1C(=O)C(C(N)=O)C(=O)[C@]2(O)C(=O)C3C(=O)c4c(O)ccc(CN(CC5CC5)CC5CC5)c4C[C@@H]3C[C@H]12. The molecule has 1 aromatic rings. The molecule has 0 saturated heterocycles. The van der Waals surface area contributed by atoms with Gasteiger partial charge in [0.15, 0.2) is 34.7 Å². The fourth-order valence-electron chi connectivity index (χ4n) is 7.59. The number of phenols is 1. The summed E-state index contributed by atoms with van der Waals surface area (Å²) >= 11 is 0. The molecule has 4 N–H and O–H groups in total. The van der Waals surface area contributed by atoms with Crippen LogP contribution in [0.15, 0.2) is 12.1 Å². The number of nitrogens with zero attached hydrogens (tertiary/aromatic N) is 2. The Bertz CT molecular complexity index is 1300. The smallest absolute Gasteiger partial charge is 0.235 e. The van der Waals surface area contributed by atoms with Crippen LogP contribution in [0.1, 0.15) is 53.6 Å². The van der Waals surface area contributed by atoms with Gasteiger partial charge >= 0.3 is 0 Å². The lowest BCUT2D eigenvalue weighted by molar-refractivity contribution is -0.181. The Hall–Kier alpha value is -2.95. The van der Waals surface area contributed by atoms with Crippen LogP contribution in [-0.2, 0) is 32.1 Å². The van der Waals surface area contributed by atoms with Crippen molar-refractivity contribution in [3.05, 3.63) is 28.8 Å². The van der Waals surface area contributed by atoms with Gasteiger partial charge < -0.3 is 15.9 Å². The molecular formula is C30H37N3O7. The molecule has 0 heterocycles. The maximum Gasteiger partial charge on any atom is 0.235 e. The van der Waals surface area contributed by atoms with E-state index in [0.717, 1.165) is 18.7 Å². The van der Waals surface area contributed by atoms with Crippen LogP contribution in [0.4, 0.5) is 0 Å². The lowest BCUT2D eigenvalue weighted by Gasteiger charge is -2.52. The maximum atomic E-state index is 14.0. The fourth-order valence-corrected chi connectivity index (χ4v) is 7.59. The monoisotopic (exact) mass is 551 g/mol. The van der Waals surface area contributed by atoms with Gasteiger partial charge in [-0.25, -0.2) is 0 Å². The molecule has 5 aliphatic rings. The second-order valence-electron chi connectivity index (χ2n) is 13.0. The summed E-state index contributed by atoms with van der Waals surface area (Å²) in [6.07, 6.45) is 5.27. The number of carbonyl (C=O) groups is 5. The first-order valence-corrected chi connectivity index (χ1v) is 14.3. The highest BCUT2D eigenvalue weighted by molar-refractivity contribution is 6.32. The van der Waals surface area contributed by atoms with Crippen LogP contribution < -0.4 is 5.73 Å². The van der Waals surface area contributed by atoms with Gasteiger partial charge in [-0.1, -0.05) is 6.07 Å². The average molecular weight is 552 g/mol. The largest absolute Gasteiger partial charge is 0.507 e. The summed E-state index contributed by atoms with van der Waals surface area (Å²) in [6, 6.07) is 2.24. The Labute approximate surface area is 232 Å². The van der Waals surface area contributed by atoms with Gasteiger partial charge in [0.1, 0.15) is 5.75 Å². The van der Waals surface area contributed by atoms with E-state index >= 15 is 0 Å². The van der Waals surface area contributed by atoms with Crippen molar-refractivity contribution in [1.29, 1.82) is 0 Å². The minimum atomic E-state index is -2.70. The normalized spacial score (nSPS) is 33.7. The van der Waals surface area contributed by atoms with Gasteiger partial charge in [0.2, 0.25) is 5.91 Å². The second-order valence-corrected chi connectivity index (χ2v) is 13.0. The van der Waals surface area contributed by atoms with Gasteiger partial charge in [-0.2, -0.15) is 0 Å². The van der Waals surface area contributed by atoms with Gasteiger partial charge in [0.05, 0.1) is 17.5 Å². The van der Waals surface area contributed by atoms with Crippen molar-refractivity contribution < 1.29 is 34.2 Å². The summed E-state index contributed by atoms with van der Waals surface area (Å²) in [6.45, 7) is 2.63. The number of phenolic OH excluding ortho intramolecular Hbond substituents is 1. The van der Waals surface area contributed by atoms with E-state index in [1.807, 2.05) is 6.07 Å². The third-order valence-corrected chi connectivity index (χ3v) is 9.86. The van der Waals surface area contributed by atoms with Crippen molar-refractivity contribution in [2.75, 3.05) is 27.2 Å². The number of benzene rings is 1. The third kappa shape index (κ3) is 4.23. The minimum absolute atomic E-state index is 0.0624. The quantitative estimate of drug-likeness (QED) is 0.391. The number of fused-ring (bicyclic) bond motifs is 3. The molecule has 0 aromatic heterocycles. The van der Waals surface area contributed by atoms with E-state index in [9.17, 15) is 34.2 Å². The van der Waals surface area contributed by atoms with E-state index in [1.54, 1.807) is 14.1 Å². The van der Waals surface area contributed by atoms with Crippen molar-refractivity contribution >= 4 is 29.0 Å². The molecular weight excluding hydrogens is 514 g/mol. The molecule has 4 saturated carbocycles. The van der Waals surface area contributed by atoms with Crippen LogP contribution in [0.5, 0.6) is 5.75 Å². The molecule has 214 valence electrons. The van der Waals surface area contributed by atoms with Crippen LogP contribution >= 0.6 is 0 Å². The van der Waals surface area contributed by atoms with Crippen LogP contribution in [0.3, 0.4) is 0 Å². The standard InChI is InChI=1S/C30H37N3O7/c1-32(2)24-19-10-17-9-18-16(13-33(11-14-3-4-14)12-15-5-6-15)7-8-20(34)22(18)25(35)21(17)27(37)30(19,40)28(38)23(26(24)36)29(31)39/h7-8,14-15,17,19,21,23-24,34,40H,3-6,9-13H2,1-2H3,(H2,31,39)/t17-,19-,21?,23?,24-,30-/m1/s1. The van der Waals surface area contributed by atoms with Crippen molar-refractivity contribution in [3.8, 4) is 5.75 Å². The number of carbonyl (C=O) groups excluding carboxylic acids is 5.